The van der Waals surface area contributed by atoms with E-state index in [9.17, 15) is 22.8 Å². The number of hydrogen-bond donors (Lipinski definition) is 2. The van der Waals surface area contributed by atoms with Gasteiger partial charge in [-0.25, -0.2) is 0 Å². The van der Waals surface area contributed by atoms with Crippen LogP contribution in [0.25, 0.3) is 0 Å². The number of nitrogens with one attached hydrogen (secondary N) is 1. The van der Waals surface area contributed by atoms with Crippen molar-refractivity contribution in [3.05, 3.63) is 23.5 Å². The van der Waals surface area contributed by atoms with Crippen LogP contribution in [0.4, 0.5) is 13.2 Å². The molecule has 0 aromatic carbocycles. The molecule has 2 fully saturated rings. The first-order chi connectivity index (χ1) is 12.6. The van der Waals surface area contributed by atoms with Crippen molar-refractivity contribution in [3.63, 3.8) is 0 Å². The molecule has 3 rings (SSSR count). The van der Waals surface area contributed by atoms with Crippen LogP contribution in [-0.4, -0.2) is 35.1 Å². The highest BCUT2D eigenvalue weighted by molar-refractivity contribution is 5.93. The van der Waals surface area contributed by atoms with E-state index in [-0.39, 0.29) is 29.7 Å². The molecule has 2 amide bonds. The van der Waals surface area contributed by atoms with Gasteiger partial charge in [0, 0.05) is 29.8 Å². The number of hydrogen-bond acceptors (Lipinski definition) is 4. The predicted octanol–water partition coefficient (Wildman–Crippen LogP) is 2.67. The number of rotatable bonds is 8. The predicted molar refractivity (Wildman–Crippen MR) is 90.2 cm³/mol. The molecule has 1 aromatic rings. The summed E-state index contributed by atoms with van der Waals surface area (Å²) in [6, 6.07) is 1.24. The molecule has 3 N–H and O–H groups in total. The van der Waals surface area contributed by atoms with Gasteiger partial charge >= 0.3 is 6.18 Å². The van der Waals surface area contributed by atoms with Crippen molar-refractivity contribution in [3.8, 4) is 5.75 Å². The summed E-state index contributed by atoms with van der Waals surface area (Å²) in [4.78, 5) is 28.1. The molecule has 0 radical (unpaired) electrons. The maximum atomic E-state index is 12.6. The molecule has 27 heavy (non-hydrogen) atoms. The van der Waals surface area contributed by atoms with Crippen LogP contribution in [0.5, 0.6) is 5.75 Å². The highest BCUT2D eigenvalue weighted by Crippen LogP contribution is 2.44. The molecule has 1 heterocycles. The molecule has 6 nitrogen and oxygen atoms in total. The smallest absolute Gasteiger partial charge is 0.422 e. The third-order valence-electron chi connectivity index (χ3n) is 4.96. The van der Waals surface area contributed by atoms with Crippen molar-refractivity contribution >= 4 is 11.8 Å². The van der Waals surface area contributed by atoms with Gasteiger partial charge in [0.05, 0.1) is 0 Å². The van der Waals surface area contributed by atoms with Gasteiger partial charge in [-0.1, -0.05) is 0 Å². The van der Waals surface area contributed by atoms with Crippen molar-refractivity contribution in [1.29, 1.82) is 0 Å². The lowest BCUT2D eigenvalue weighted by atomic mass is 9.91. The molecule has 9 heteroatoms. The van der Waals surface area contributed by atoms with E-state index in [1.54, 1.807) is 6.92 Å². The summed E-state index contributed by atoms with van der Waals surface area (Å²) in [5.41, 5.74) is 5.02. The van der Waals surface area contributed by atoms with Gasteiger partial charge in [0.1, 0.15) is 11.4 Å². The van der Waals surface area contributed by atoms with E-state index in [1.165, 1.54) is 12.3 Å². The van der Waals surface area contributed by atoms with E-state index in [2.05, 4.69) is 10.3 Å². The lowest BCUT2D eigenvalue weighted by molar-refractivity contribution is -0.153. The Hall–Kier alpha value is -2.32. The molecular formula is C18H22F3N3O3. The second kappa shape index (κ2) is 7.01. The monoisotopic (exact) mass is 385 g/mol. The largest absolute Gasteiger partial charge is 0.484 e. The fourth-order valence-corrected chi connectivity index (χ4v) is 3.25. The van der Waals surface area contributed by atoms with Crippen molar-refractivity contribution in [2.24, 2.45) is 11.7 Å². The molecule has 2 saturated carbocycles. The fraction of sp³-hybridized carbons (Fsp3) is 0.611. The zero-order chi connectivity index (χ0) is 19.8. The van der Waals surface area contributed by atoms with Crippen molar-refractivity contribution in [2.45, 2.75) is 56.7 Å². The van der Waals surface area contributed by atoms with E-state index in [0.717, 1.165) is 25.7 Å². The second-order valence-corrected chi connectivity index (χ2v) is 7.57. The molecule has 2 aliphatic rings. The molecule has 0 spiro atoms. The molecule has 0 aliphatic heterocycles. The number of pyridine rings is 1. The Morgan fingerprint density at radius 1 is 1.30 bits per heavy atom. The first-order valence-corrected chi connectivity index (χ1v) is 8.88. The van der Waals surface area contributed by atoms with E-state index in [4.69, 9.17) is 10.5 Å². The van der Waals surface area contributed by atoms with Gasteiger partial charge in [-0.2, -0.15) is 13.2 Å². The highest BCUT2D eigenvalue weighted by Gasteiger charge is 2.44. The summed E-state index contributed by atoms with van der Waals surface area (Å²) in [6.07, 6.45) is 0.373. The normalized spacial score (nSPS) is 19.3. The number of alkyl halides is 3. The number of aromatic nitrogens is 1. The Morgan fingerprint density at radius 2 is 1.96 bits per heavy atom. The van der Waals surface area contributed by atoms with Gasteiger partial charge < -0.3 is 15.8 Å². The number of carbonyl (C=O) groups excluding carboxylic acids is 2. The van der Waals surface area contributed by atoms with Crippen LogP contribution < -0.4 is 15.8 Å². The SMILES string of the molecule is C[C@@](CC(N)=O)(NC(=O)c1cc(OCC(F)(F)F)c(C2CC2)cn1)C1CC1. The van der Waals surface area contributed by atoms with Crippen molar-refractivity contribution in [1.82, 2.24) is 10.3 Å². The Morgan fingerprint density at radius 3 is 2.48 bits per heavy atom. The number of nitrogens with zero attached hydrogens (tertiary/aromatic N) is 1. The van der Waals surface area contributed by atoms with Crippen LogP contribution in [0.1, 0.15) is 61.0 Å². The Bertz CT molecular complexity index is 745. The van der Waals surface area contributed by atoms with Crippen LogP contribution in [0.15, 0.2) is 12.3 Å². The van der Waals surface area contributed by atoms with Crippen LogP contribution in [-0.2, 0) is 4.79 Å². The Labute approximate surface area is 154 Å². The molecule has 1 atom stereocenters. The first kappa shape index (κ1) is 19.4. The van der Waals surface area contributed by atoms with Gasteiger partial charge in [-0.05, 0) is 44.4 Å². The minimum Gasteiger partial charge on any atom is -0.484 e. The topological polar surface area (TPSA) is 94.3 Å². The number of ether oxygens (including phenoxy) is 1. The van der Waals surface area contributed by atoms with Crippen molar-refractivity contribution in [2.75, 3.05) is 6.61 Å². The summed E-state index contributed by atoms with van der Waals surface area (Å²) in [5.74, 6) is -0.816. The summed E-state index contributed by atoms with van der Waals surface area (Å²) in [6.45, 7) is 0.312. The number of amides is 2. The lowest BCUT2D eigenvalue weighted by Crippen LogP contribution is -2.50. The lowest BCUT2D eigenvalue weighted by Gasteiger charge is -2.29. The van der Waals surface area contributed by atoms with Crippen LogP contribution in [0.3, 0.4) is 0 Å². The molecule has 0 saturated heterocycles. The molecule has 0 unspecified atom stereocenters. The minimum absolute atomic E-state index is 0.0129. The average molecular weight is 385 g/mol. The second-order valence-electron chi connectivity index (χ2n) is 7.57. The number of halogens is 3. The molecular weight excluding hydrogens is 363 g/mol. The third kappa shape index (κ3) is 5.11. The quantitative estimate of drug-likeness (QED) is 0.719. The van der Waals surface area contributed by atoms with Gasteiger partial charge in [0.2, 0.25) is 5.91 Å². The molecule has 148 valence electrons. The summed E-state index contributed by atoms with van der Waals surface area (Å²) in [7, 11) is 0. The Kier molecular flexibility index (Phi) is 5.05. The van der Waals surface area contributed by atoms with Crippen LogP contribution in [0, 0.1) is 5.92 Å². The van der Waals surface area contributed by atoms with E-state index >= 15 is 0 Å². The maximum Gasteiger partial charge on any atom is 0.422 e. The van der Waals surface area contributed by atoms with Crippen LogP contribution in [0.2, 0.25) is 0 Å². The first-order valence-electron chi connectivity index (χ1n) is 8.88. The van der Waals surface area contributed by atoms with Crippen LogP contribution >= 0.6 is 0 Å². The van der Waals surface area contributed by atoms with Gasteiger partial charge in [-0.15, -0.1) is 0 Å². The standard InChI is InChI=1S/C18H22F3N3O3/c1-17(7-15(22)25,11-4-5-11)24-16(26)13-6-14(27-9-18(19,20)21)12(8-23-13)10-2-3-10/h6,8,10-11H,2-5,7,9H2,1H3,(H2,22,25)(H,24,26)/t17-/m0/s1. The number of carbonyl (C=O) groups is 2. The minimum atomic E-state index is -4.47. The van der Waals surface area contributed by atoms with E-state index < -0.39 is 30.1 Å². The zero-order valence-corrected chi connectivity index (χ0v) is 14.9. The zero-order valence-electron chi connectivity index (χ0n) is 14.9. The average Bonchev–Trinajstić information content (AvgIpc) is 3.44. The fourth-order valence-electron chi connectivity index (χ4n) is 3.25. The van der Waals surface area contributed by atoms with E-state index in [1.807, 2.05) is 0 Å². The third-order valence-corrected chi connectivity index (χ3v) is 4.96. The van der Waals surface area contributed by atoms with Gasteiger partial charge in [-0.3, -0.25) is 14.6 Å². The highest BCUT2D eigenvalue weighted by atomic mass is 19.4. The van der Waals surface area contributed by atoms with Gasteiger partial charge in [0.25, 0.3) is 5.91 Å². The molecule has 2 aliphatic carbocycles. The maximum absolute atomic E-state index is 12.6. The molecule has 0 bridgehead atoms. The van der Waals surface area contributed by atoms with E-state index in [0.29, 0.717) is 5.56 Å². The summed E-state index contributed by atoms with van der Waals surface area (Å²) in [5, 5.41) is 2.79. The van der Waals surface area contributed by atoms with Crippen molar-refractivity contribution < 1.29 is 27.5 Å². The number of primary amides is 1. The Balaban J connectivity index is 1.78. The molecule has 1 aromatic heterocycles. The summed E-state index contributed by atoms with van der Waals surface area (Å²) < 4.78 is 42.5. The van der Waals surface area contributed by atoms with Gasteiger partial charge in [0.15, 0.2) is 6.61 Å². The number of nitrogens with two attached hydrogens (primary N) is 1. The summed E-state index contributed by atoms with van der Waals surface area (Å²) >= 11 is 0.